The molecule has 4 heteroatoms. The summed E-state index contributed by atoms with van der Waals surface area (Å²) < 4.78 is 0. The summed E-state index contributed by atoms with van der Waals surface area (Å²) in [7, 11) is 1.67. The van der Waals surface area contributed by atoms with Crippen LogP contribution in [0.3, 0.4) is 0 Å². The minimum Gasteiger partial charge on any atom is -0.508 e. The molecule has 88 valence electrons. The first-order chi connectivity index (χ1) is 7.54. The monoisotopic (exact) mass is 223 g/mol. The van der Waals surface area contributed by atoms with Crippen molar-refractivity contribution in [1.29, 1.82) is 0 Å². The Bertz CT molecular complexity index is 348. The van der Waals surface area contributed by atoms with E-state index in [0.717, 1.165) is 5.56 Å². The lowest BCUT2D eigenvalue weighted by Gasteiger charge is -2.24. The smallest absolute Gasteiger partial charge is 0.248 e. The van der Waals surface area contributed by atoms with Crippen LogP contribution in [0, 0.1) is 0 Å². The molecule has 0 radical (unpaired) electrons. The molecular formula is C12H17NO3. The van der Waals surface area contributed by atoms with Crippen molar-refractivity contribution >= 4 is 5.91 Å². The van der Waals surface area contributed by atoms with E-state index in [1.807, 2.05) is 19.1 Å². The fraction of sp³-hybridized carbons (Fsp3) is 0.417. The van der Waals surface area contributed by atoms with Gasteiger partial charge in [-0.3, -0.25) is 4.79 Å². The number of rotatable bonds is 4. The van der Waals surface area contributed by atoms with Crippen LogP contribution in [0.25, 0.3) is 0 Å². The van der Waals surface area contributed by atoms with Crippen LogP contribution in [0.1, 0.15) is 12.5 Å². The fourth-order valence-corrected chi connectivity index (χ4v) is 1.47. The lowest BCUT2D eigenvalue weighted by Crippen LogP contribution is -2.38. The van der Waals surface area contributed by atoms with Crippen molar-refractivity contribution in [3.05, 3.63) is 29.8 Å². The van der Waals surface area contributed by atoms with Crippen molar-refractivity contribution in [2.45, 2.75) is 19.4 Å². The van der Waals surface area contributed by atoms with E-state index in [1.165, 1.54) is 4.90 Å². The number of amides is 1. The molecule has 0 bridgehead atoms. The van der Waals surface area contributed by atoms with Crippen LogP contribution in [-0.4, -0.2) is 40.7 Å². The van der Waals surface area contributed by atoms with Crippen LogP contribution in [0.4, 0.5) is 0 Å². The maximum Gasteiger partial charge on any atom is 0.248 e. The predicted molar refractivity (Wildman–Crippen MR) is 61.1 cm³/mol. The highest BCUT2D eigenvalue weighted by molar-refractivity contribution is 5.77. The summed E-state index contributed by atoms with van der Waals surface area (Å²) in [5.41, 5.74) is 1.04. The van der Waals surface area contributed by atoms with Crippen LogP contribution < -0.4 is 0 Å². The molecule has 0 spiro atoms. The summed E-state index contributed by atoms with van der Waals surface area (Å²) in [6, 6.07) is 6.90. The summed E-state index contributed by atoms with van der Waals surface area (Å²) in [5.74, 6) is -0.0533. The quantitative estimate of drug-likeness (QED) is 0.792. The molecule has 1 aromatic rings. The third kappa shape index (κ3) is 3.24. The van der Waals surface area contributed by atoms with Gasteiger partial charge in [-0.25, -0.2) is 0 Å². The van der Waals surface area contributed by atoms with E-state index in [-0.39, 0.29) is 17.7 Å². The van der Waals surface area contributed by atoms with Gasteiger partial charge < -0.3 is 15.1 Å². The number of benzene rings is 1. The number of likely N-dealkylation sites (N-methyl/N-ethyl adjacent to an activating group) is 1. The van der Waals surface area contributed by atoms with Crippen molar-refractivity contribution in [2.75, 3.05) is 13.7 Å². The Morgan fingerprint density at radius 2 is 1.94 bits per heavy atom. The standard InChI is InChI=1S/C12H17NO3/c1-9(13(2)12(16)8-14)7-10-3-5-11(15)6-4-10/h3-6,9,14-15H,7-8H2,1-2H3. The van der Waals surface area contributed by atoms with Gasteiger partial charge in [0.25, 0.3) is 0 Å². The van der Waals surface area contributed by atoms with Gasteiger partial charge in [0, 0.05) is 13.1 Å². The molecule has 0 aromatic heterocycles. The molecular weight excluding hydrogens is 206 g/mol. The third-order valence-corrected chi connectivity index (χ3v) is 2.66. The van der Waals surface area contributed by atoms with Crippen LogP contribution in [-0.2, 0) is 11.2 Å². The Morgan fingerprint density at radius 1 is 1.38 bits per heavy atom. The van der Waals surface area contributed by atoms with E-state index in [9.17, 15) is 4.79 Å². The van der Waals surface area contributed by atoms with Gasteiger partial charge >= 0.3 is 0 Å². The van der Waals surface area contributed by atoms with Crippen LogP contribution in [0.5, 0.6) is 5.75 Å². The molecule has 0 saturated heterocycles. The number of carbonyl (C=O) groups excluding carboxylic acids is 1. The molecule has 0 aliphatic carbocycles. The number of phenolic OH excluding ortho intramolecular Hbond substituents is 1. The molecule has 0 aliphatic heterocycles. The molecule has 0 fully saturated rings. The summed E-state index contributed by atoms with van der Waals surface area (Å²) >= 11 is 0. The Balaban J connectivity index is 2.60. The highest BCUT2D eigenvalue weighted by atomic mass is 16.3. The van der Waals surface area contributed by atoms with Crippen molar-refractivity contribution in [2.24, 2.45) is 0 Å². The highest BCUT2D eigenvalue weighted by Crippen LogP contribution is 2.12. The van der Waals surface area contributed by atoms with Crippen molar-refractivity contribution < 1.29 is 15.0 Å². The van der Waals surface area contributed by atoms with Crippen molar-refractivity contribution in [1.82, 2.24) is 4.90 Å². The molecule has 4 nitrogen and oxygen atoms in total. The molecule has 0 heterocycles. The topological polar surface area (TPSA) is 60.8 Å². The maximum absolute atomic E-state index is 11.2. The van der Waals surface area contributed by atoms with Gasteiger partial charge in [-0.05, 0) is 31.0 Å². The van der Waals surface area contributed by atoms with E-state index >= 15 is 0 Å². The van der Waals surface area contributed by atoms with E-state index in [4.69, 9.17) is 10.2 Å². The fourth-order valence-electron chi connectivity index (χ4n) is 1.47. The van der Waals surface area contributed by atoms with E-state index in [1.54, 1.807) is 19.2 Å². The first-order valence-corrected chi connectivity index (χ1v) is 5.19. The molecule has 1 aromatic carbocycles. The average Bonchev–Trinajstić information content (AvgIpc) is 2.30. The van der Waals surface area contributed by atoms with Gasteiger partial charge in [-0.1, -0.05) is 12.1 Å². The van der Waals surface area contributed by atoms with Gasteiger partial charge in [0.15, 0.2) is 0 Å². The number of aliphatic hydroxyl groups is 1. The lowest BCUT2D eigenvalue weighted by molar-refractivity contribution is -0.134. The second kappa shape index (κ2) is 5.51. The Hall–Kier alpha value is -1.55. The average molecular weight is 223 g/mol. The number of carbonyl (C=O) groups is 1. The summed E-state index contributed by atoms with van der Waals surface area (Å²) in [6.07, 6.45) is 0.697. The zero-order chi connectivity index (χ0) is 12.1. The Labute approximate surface area is 95.1 Å². The second-order valence-electron chi connectivity index (χ2n) is 3.88. The Morgan fingerprint density at radius 3 is 2.44 bits per heavy atom. The number of phenols is 1. The molecule has 2 N–H and O–H groups in total. The number of hydrogen-bond donors (Lipinski definition) is 2. The van der Waals surface area contributed by atoms with Gasteiger partial charge in [-0.15, -0.1) is 0 Å². The zero-order valence-electron chi connectivity index (χ0n) is 9.55. The minimum atomic E-state index is -0.462. The van der Waals surface area contributed by atoms with Crippen molar-refractivity contribution in [3.63, 3.8) is 0 Å². The number of aromatic hydroxyl groups is 1. The van der Waals surface area contributed by atoms with Crippen molar-refractivity contribution in [3.8, 4) is 5.75 Å². The Kier molecular flexibility index (Phi) is 4.31. The largest absolute Gasteiger partial charge is 0.508 e. The number of nitrogens with zero attached hydrogens (tertiary/aromatic N) is 1. The molecule has 0 saturated carbocycles. The van der Waals surface area contributed by atoms with Gasteiger partial charge in [-0.2, -0.15) is 0 Å². The minimum absolute atomic E-state index is 0.0178. The first kappa shape index (κ1) is 12.5. The molecule has 1 rings (SSSR count). The van der Waals surface area contributed by atoms with Gasteiger partial charge in [0.05, 0.1) is 0 Å². The van der Waals surface area contributed by atoms with E-state index in [0.29, 0.717) is 6.42 Å². The predicted octanol–water partition coefficient (Wildman–Crippen LogP) is 0.774. The second-order valence-corrected chi connectivity index (χ2v) is 3.88. The third-order valence-electron chi connectivity index (χ3n) is 2.66. The molecule has 0 aliphatic rings. The molecule has 1 amide bonds. The van der Waals surface area contributed by atoms with Crippen LogP contribution >= 0.6 is 0 Å². The first-order valence-electron chi connectivity index (χ1n) is 5.19. The SMILES string of the molecule is CC(Cc1ccc(O)cc1)N(C)C(=O)CO. The summed E-state index contributed by atoms with van der Waals surface area (Å²) in [4.78, 5) is 12.8. The molecule has 16 heavy (non-hydrogen) atoms. The number of hydrogen-bond acceptors (Lipinski definition) is 3. The highest BCUT2D eigenvalue weighted by Gasteiger charge is 2.14. The zero-order valence-corrected chi connectivity index (χ0v) is 9.55. The normalized spacial score (nSPS) is 12.2. The van der Waals surface area contributed by atoms with Gasteiger partial charge in [0.2, 0.25) is 5.91 Å². The summed E-state index contributed by atoms with van der Waals surface area (Å²) in [5, 5.41) is 17.9. The molecule has 1 atom stereocenters. The van der Waals surface area contributed by atoms with E-state index < -0.39 is 6.61 Å². The lowest BCUT2D eigenvalue weighted by atomic mass is 10.1. The summed E-state index contributed by atoms with van der Waals surface area (Å²) in [6.45, 7) is 1.46. The van der Waals surface area contributed by atoms with E-state index in [2.05, 4.69) is 0 Å². The van der Waals surface area contributed by atoms with Gasteiger partial charge in [0.1, 0.15) is 12.4 Å². The number of aliphatic hydroxyl groups excluding tert-OH is 1. The maximum atomic E-state index is 11.2. The van der Waals surface area contributed by atoms with Crippen LogP contribution in [0.15, 0.2) is 24.3 Å². The van der Waals surface area contributed by atoms with Crippen LogP contribution in [0.2, 0.25) is 0 Å². The molecule has 1 unspecified atom stereocenters.